The summed E-state index contributed by atoms with van der Waals surface area (Å²) < 4.78 is 54.4. The zero-order valence-electron chi connectivity index (χ0n) is 28.4. The molecule has 2 saturated heterocycles. The van der Waals surface area contributed by atoms with E-state index in [1.54, 1.807) is 0 Å². The SMILES string of the molecule is CC(=O)OCC1O[C@@H](NC(=S)N[C@@H]2O[C@H](COC(C)=O)[C@@H](OC(C)=O)C(OC(C)=O)C2OC(C)=O)C(OC(C)=O)C(OC(C)=O)[C@@H]1OC(C)=O. The van der Waals surface area contributed by atoms with E-state index < -0.39 is 122 Å². The molecule has 2 rings (SSSR count). The maximum atomic E-state index is 12.2. The van der Waals surface area contributed by atoms with E-state index in [0.717, 1.165) is 55.4 Å². The number of hydrogen-bond donors (Lipinski definition) is 2. The Kier molecular flexibility index (Phi) is 15.7. The summed E-state index contributed by atoms with van der Waals surface area (Å²) in [6.07, 6.45) is -14.7. The normalized spacial score (nSPS) is 28.7. The Labute approximate surface area is 291 Å². The van der Waals surface area contributed by atoms with Gasteiger partial charge in [-0.25, -0.2) is 0 Å². The number of thiocarbonyl (C=S) groups is 1. The van der Waals surface area contributed by atoms with Crippen molar-refractivity contribution in [3.05, 3.63) is 0 Å². The highest BCUT2D eigenvalue weighted by atomic mass is 32.1. The molecular weight excluding hydrogens is 696 g/mol. The molecule has 20 nitrogen and oxygen atoms in total. The second kappa shape index (κ2) is 18.9. The molecule has 0 aromatic rings. The van der Waals surface area contributed by atoms with Gasteiger partial charge in [-0.05, 0) is 12.2 Å². The van der Waals surface area contributed by atoms with Crippen LogP contribution in [0.15, 0.2) is 0 Å². The van der Waals surface area contributed by atoms with Crippen LogP contribution >= 0.6 is 12.2 Å². The fourth-order valence-electron chi connectivity index (χ4n) is 4.99. The van der Waals surface area contributed by atoms with Crippen LogP contribution < -0.4 is 10.6 Å². The third-order valence-corrected chi connectivity index (χ3v) is 6.76. The molecule has 0 spiro atoms. The van der Waals surface area contributed by atoms with E-state index in [-0.39, 0.29) is 5.11 Å². The fraction of sp³-hybridized carbons (Fsp3) is 0.690. The molecule has 2 aliphatic heterocycles. The maximum Gasteiger partial charge on any atom is 0.303 e. The lowest BCUT2D eigenvalue weighted by Crippen LogP contribution is -2.69. The highest BCUT2D eigenvalue weighted by molar-refractivity contribution is 7.80. The summed E-state index contributed by atoms with van der Waals surface area (Å²) in [5.74, 6) is -6.61. The van der Waals surface area contributed by atoms with E-state index in [2.05, 4.69) is 10.6 Å². The average molecular weight is 737 g/mol. The topological polar surface area (TPSA) is 253 Å². The molecule has 2 fully saturated rings. The molecule has 10 atom stereocenters. The van der Waals surface area contributed by atoms with Crippen LogP contribution in [0.1, 0.15) is 55.4 Å². The Morgan fingerprint density at radius 2 is 0.700 bits per heavy atom. The van der Waals surface area contributed by atoms with Crippen molar-refractivity contribution >= 4 is 65.1 Å². The van der Waals surface area contributed by atoms with Gasteiger partial charge in [-0.2, -0.15) is 0 Å². The first-order valence-corrected chi connectivity index (χ1v) is 15.4. The zero-order valence-corrected chi connectivity index (χ0v) is 29.3. The van der Waals surface area contributed by atoms with E-state index in [1.165, 1.54) is 0 Å². The molecule has 2 aliphatic rings. The highest BCUT2D eigenvalue weighted by Gasteiger charge is 2.54. The lowest BCUT2D eigenvalue weighted by molar-refractivity contribution is -0.257. The van der Waals surface area contributed by atoms with E-state index in [1.807, 2.05) is 0 Å². The Balaban J connectivity index is 2.53. The summed E-state index contributed by atoms with van der Waals surface area (Å²) in [5.41, 5.74) is 0. The minimum atomic E-state index is -1.55. The first kappa shape index (κ1) is 41.5. The van der Waals surface area contributed by atoms with Crippen LogP contribution in [0.4, 0.5) is 0 Å². The van der Waals surface area contributed by atoms with Crippen LogP contribution in [0.5, 0.6) is 0 Å². The van der Waals surface area contributed by atoms with Crippen molar-refractivity contribution in [3.63, 3.8) is 0 Å². The van der Waals surface area contributed by atoms with Gasteiger partial charge in [0.1, 0.15) is 25.4 Å². The van der Waals surface area contributed by atoms with Gasteiger partial charge in [-0.1, -0.05) is 0 Å². The van der Waals surface area contributed by atoms with Gasteiger partial charge in [-0.3, -0.25) is 38.4 Å². The molecule has 0 aliphatic carbocycles. The largest absolute Gasteiger partial charge is 0.463 e. The quantitative estimate of drug-likeness (QED) is 0.133. The maximum absolute atomic E-state index is 12.2. The summed E-state index contributed by atoms with van der Waals surface area (Å²) in [6, 6.07) is 0. The van der Waals surface area contributed by atoms with Gasteiger partial charge in [0.05, 0.1) is 0 Å². The van der Waals surface area contributed by atoms with Crippen LogP contribution in [0, 0.1) is 0 Å². The van der Waals surface area contributed by atoms with Gasteiger partial charge in [0.25, 0.3) is 0 Å². The molecule has 2 heterocycles. The molecule has 0 bridgehead atoms. The minimum Gasteiger partial charge on any atom is -0.463 e. The summed E-state index contributed by atoms with van der Waals surface area (Å²) in [5, 5.41) is 5.04. The molecule has 0 radical (unpaired) electrons. The third kappa shape index (κ3) is 13.0. The summed E-state index contributed by atoms with van der Waals surface area (Å²) in [4.78, 5) is 96.0. The standard InChI is InChI=1S/C29H40N2O18S/c1-11(32)40-9-19-21(42-13(3)34)23(44-15(5)36)25(46-17(7)38)27(48-19)30-29(50)31-28-26(47-18(8)39)24(45-16(6)37)22(43-14(4)35)20(49-28)10-41-12(2)33/h19-28H,9-10H2,1-8H3,(H2,30,31,50)/t19-,20?,21-,22-,23?,24?,25?,26?,27-,28-/m1/s1. The number of rotatable bonds is 12. The molecule has 50 heavy (non-hydrogen) atoms. The average Bonchev–Trinajstić information content (AvgIpc) is 2.95. The summed E-state index contributed by atoms with van der Waals surface area (Å²) in [6.45, 7) is 7.48. The second-order valence-corrected chi connectivity index (χ2v) is 11.3. The zero-order chi connectivity index (χ0) is 37.9. The van der Waals surface area contributed by atoms with Crippen molar-refractivity contribution in [2.75, 3.05) is 13.2 Å². The molecule has 21 heteroatoms. The van der Waals surface area contributed by atoms with Crippen molar-refractivity contribution in [2.24, 2.45) is 0 Å². The van der Waals surface area contributed by atoms with E-state index in [0.29, 0.717) is 0 Å². The van der Waals surface area contributed by atoms with Crippen molar-refractivity contribution in [2.45, 2.75) is 117 Å². The monoisotopic (exact) mass is 736 g/mol. The van der Waals surface area contributed by atoms with Crippen molar-refractivity contribution in [1.29, 1.82) is 0 Å². The second-order valence-electron chi connectivity index (χ2n) is 10.9. The van der Waals surface area contributed by atoms with Crippen LogP contribution in [0.2, 0.25) is 0 Å². The van der Waals surface area contributed by atoms with Gasteiger partial charge >= 0.3 is 47.8 Å². The Hall–Kier alpha value is -4.63. The smallest absolute Gasteiger partial charge is 0.303 e. The molecule has 0 saturated carbocycles. The van der Waals surface area contributed by atoms with E-state index in [4.69, 9.17) is 59.6 Å². The number of nitrogens with one attached hydrogen (secondary N) is 2. The first-order chi connectivity index (χ1) is 23.3. The summed E-state index contributed by atoms with van der Waals surface area (Å²) in [7, 11) is 0. The third-order valence-electron chi connectivity index (χ3n) is 6.53. The fourth-order valence-corrected chi connectivity index (χ4v) is 5.22. The molecule has 0 aromatic heterocycles. The number of hydrogen-bond acceptors (Lipinski definition) is 19. The number of carbonyl (C=O) groups is 8. The van der Waals surface area contributed by atoms with Gasteiger partial charge in [-0.15, -0.1) is 0 Å². The van der Waals surface area contributed by atoms with Crippen LogP contribution in [0.25, 0.3) is 0 Å². The van der Waals surface area contributed by atoms with Crippen LogP contribution in [-0.4, -0.2) is 127 Å². The van der Waals surface area contributed by atoms with Crippen molar-refractivity contribution in [3.8, 4) is 0 Å². The van der Waals surface area contributed by atoms with Crippen LogP contribution in [0.3, 0.4) is 0 Å². The van der Waals surface area contributed by atoms with Crippen LogP contribution in [-0.2, 0) is 85.7 Å². The molecule has 280 valence electrons. The van der Waals surface area contributed by atoms with Gasteiger partial charge < -0.3 is 58.0 Å². The molecular formula is C29H40N2O18S. The van der Waals surface area contributed by atoms with Crippen molar-refractivity contribution in [1.82, 2.24) is 10.6 Å². The molecule has 0 aromatic carbocycles. The number of esters is 8. The molecule has 5 unspecified atom stereocenters. The minimum absolute atomic E-state index is 0.369. The highest BCUT2D eigenvalue weighted by Crippen LogP contribution is 2.30. The predicted octanol–water partition coefficient (Wildman–Crippen LogP) is -1.38. The number of ether oxygens (including phenoxy) is 10. The molecule has 2 N–H and O–H groups in total. The van der Waals surface area contributed by atoms with Gasteiger partial charge in [0.15, 0.2) is 54.2 Å². The summed E-state index contributed by atoms with van der Waals surface area (Å²) >= 11 is 5.47. The van der Waals surface area contributed by atoms with E-state index in [9.17, 15) is 38.4 Å². The predicted molar refractivity (Wildman–Crippen MR) is 163 cm³/mol. The Morgan fingerprint density at radius 3 is 0.960 bits per heavy atom. The van der Waals surface area contributed by atoms with E-state index >= 15 is 0 Å². The first-order valence-electron chi connectivity index (χ1n) is 15.0. The Bertz CT molecular complexity index is 1230. The van der Waals surface area contributed by atoms with Gasteiger partial charge in [0.2, 0.25) is 0 Å². The van der Waals surface area contributed by atoms with Gasteiger partial charge in [0, 0.05) is 55.4 Å². The lowest BCUT2D eigenvalue weighted by Gasteiger charge is -2.46. The molecule has 0 amide bonds. The number of carbonyl (C=O) groups excluding carboxylic acids is 8. The Morgan fingerprint density at radius 1 is 0.440 bits per heavy atom. The lowest BCUT2D eigenvalue weighted by atomic mass is 9.97. The van der Waals surface area contributed by atoms with Crippen molar-refractivity contribution < 1.29 is 85.7 Å².